The minimum atomic E-state index is -0.225. The van der Waals surface area contributed by atoms with Crippen molar-refractivity contribution in [2.45, 2.75) is 34.6 Å². The van der Waals surface area contributed by atoms with Gasteiger partial charge in [0.15, 0.2) is 5.76 Å². The van der Waals surface area contributed by atoms with Gasteiger partial charge in [0.1, 0.15) is 5.76 Å². The van der Waals surface area contributed by atoms with Crippen LogP contribution in [0.15, 0.2) is 46.9 Å². The average molecular weight is 333 g/mol. The van der Waals surface area contributed by atoms with E-state index >= 15 is 0 Å². The van der Waals surface area contributed by atoms with Crippen LogP contribution in [0.3, 0.4) is 0 Å². The maximum absolute atomic E-state index is 12.7. The highest BCUT2D eigenvalue weighted by molar-refractivity contribution is 6.03. The maximum Gasteiger partial charge on any atom is 0.291 e. The molecule has 128 valence electrons. The number of amides is 1. The number of nitrogens with one attached hydrogen (secondary N) is 1. The quantitative estimate of drug-likeness (QED) is 0.664. The Labute approximate surface area is 148 Å². The van der Waals surface area contributed by atoms with E-state index in [1.807, 2.05) is 45.9 Å². The summed E-state index contributed by atoms with van der Waals surface area (Å²) in [5.74, 6) is 0.862. The number of hydrogen-bond donors (Lipinski definition) is 1. The predicted molar refractivity (Wildman–Crippen MR) is 102 cm³/mol. The van der Waals surface area contributed by atoms with Crippen LogP contribution >= 0.6 is 0 Å². The zero-order valence-electron chi connectivity index (χ0n) is 15.4. The molecule has 2 aromatic carbocycles. The lowest BCUT2D eigenvalue weighted by Gasteiger charge is -2.10. The molecule has 0 aliphatic carbocycles. The van der Waals surface area contributed by atoms with E-state index in [1.54, 1.807) is 6.07 Å². The van der Waals surface area contributed by atoms with Crippen molar-refractivity contribution in [3.05, 3.63) is 76.0 Å². The van der Waals surface area contributed by atoms with Gasteiger partial charge >= 0.3 is 0 Å². The predicted octanol–water partition coefficient (Wildman–Crippen LogP) is 5.74. The van der Waals surface area contributed by atoms with Gasteiger partial charge in [-0.05, 0) is 69.0 Å². The van der Waals surface area contributed by atoms with Gasteiger partial charge in [-0.15, -0.1) is 0 Å². The maximum atomic E-state index is 12.7. The molecule has 3 nitrogen and oxygen atoms in total. The summed E-state index contributed by atoms with van der Waals surface area (Å²) in [5.41, 5.74) is 7.19. The smallest absolute Gasteiger partial charge is 0.291 e. The highest BCUT2D eigenvalue weighted by Crippen LogP contribution is 2.31. The molecule has 3 rings (SSSR count). The van der Waals surface area contributed by atoms with Crippen LogP contribution in [-0.2, 0) is 0 Å². The molecule has 1 amide bonds. The summed E-state index contributed by atoms with van der Waals surface area (Å²) >= 11 is 0. The molecule has 0 spiro atoms. The number of benzene rings is 2. The van der Waals surface area contributed by atoms with Gasteiger partial charge in [0, 0.05) is 11.3 Å². The normalized spacial score (nSPS) is 10.8. The molecule has 0 saturated carbocycles. The molecule has 0 radical (unpaired) electrons. The van der Waals surface area contributed by atoms with Crippen molar-refractivity contribution >= 4 is 11.6 Å². The molecule has 0 fully saturated rings. The third kappa shape index (κ3) is 3.36. The summed E-state index contributed by atoms with van der Waals surface area (Å²) in [5, 5.41) is 2.98. The van der Waals surface area contributed by atoms with Crippen LogP contribution < -0.4 is 5.32 Å². The zero-order valence-corrected chi connectivity index (χ0v) is 15.4. The van der Waals surface area contributed by atoms with Gasteiger partial charge in [0.25, 0.3) is 5.91 Å². The summed E-state index contributed by atoms with van der Waals surface area (Å²) in [6.07, 6.45) is 0. The van der Waals surface area contributed by atoms with E-state index in [2.05, 4.69) is 30.4 Å². The first-order valence-electron chi connectivity index (χ1n) is 8.42. The largest absolute Gasteiger partial charge is 0.451 e. The minimum absolute atomic E-state index is 0.225. The molecule has 0 atom stereocenters. The molecule has 0 saturated heterocycles. The van der Waals surface area contributed by atoms with Crippen LogP contribution in [0.25, 0.3) is 11.3 Å². The van der Waals surface area contributed by atoms with Crippen LogP contribution in [0.2, 0.25) is 0 Å². The van der Waals surface area contributed by atoms with Crippen molar-refractivity contribution < 1.29 is 9.21 Å². The van der Waals surface area contributed by atoms with E-state index in [0.717, 1.165) is 44.8 Å². The second-order valence-electron chi connectivity index (χ2n) is 6.66. The van der Waals surface area contributed by atoms with Crippen molar-refractivity contribution in [1.29, 1.82) is 0 Å². The Balaban J connectivity index is 1.95. The van der Waals surface area contributed by atoms with Gasteiger partial charge in [0.05, 0.1) is 0 Å². The Bertz CT molecular complexity index is 930. The highest BCUT2D eigenvalue weighted by Gasteiger charge is 2.18. The van der Waals surface area contributed by atoms with E-state index in [9.17, 15) is 4.79 Å². The minimum Gasteiger partial charge on any atom is -0.451 e. The van der Waals surface area contributed by atoms with Crippen molar-refractivity contribution in [1.82, 2.24) is 0 Å². The lowest BCUT2D eigenvalue weighted by atomic mass is 10.0. The number of aryl methyl sites for hydroxylation is 5. The van der Waals surface area contributed by atoms with Crippen molar-refractivity contribution in [3.63, 3.8) is 0 Å². The standard InChI is InChI=1S/C22H23NO2/c1-13-9-10-14(2)18(11-13)21-17(5)12-19(25-21)22(24)23-20-15(3)7-6-8-16(20)4/h6-12H,1-5H3,(H,23,24). The Morgan fingerprint density at radius 1 is 0.840 bits per heavy atom. The molecule has 25 heavy (non-hydrogen) atoms. The molecule has 1 N–H and O–H groups in total. The lowest BCUT2D eigenvalue weighted by molar-refractivity contribution is 0.0997. The molecule has 0 unspecified atom stereocenters. The van der Waals surface area contributed by atoms with Gasteiger partial charge in [0.2, 0.25) is 0 Å². The second kappa shape index (κ2) is 6.60. The number of carbonyl (C=O) groups excluding carboxylic acids is 1. The van der Waals surface area contributed by atoms with Crippen LogP contribution in [0, 0.1) is 34.6 Å². The van der Waals surface area contributed by atoms with Crippen molar-refractivity contribution in [2.24, 2.45) is 0 Å². The summed E-state index contributed by atoms with van der Waals surface area (Å²) in [7, 11) is 0. The number of rotatable bonds is 3. The lowest BCUT2D eigenvalue weighted by Crippen LogP contribution is -2.12. The van der Waals surface area contributed by atoms with Crippen molar-refractivity contribution in [3.8, 4) is 11.3 Å². The van der Waals surface area contributed by atoms with E-state index in [-0.39, 0.29) is 5.91 Å². The molecule has 3 aromatic rings. The van der Waals surface area contributed by atoms with Crippen molar-refractivity contribution in [2.75, 3.05) is 5.32 Å². The van der Waals surface area contributed by atoms with Gasteiger partial charge in [-0.25, -0.2) is 0 Å². The third-order valence-corrected chi connectivity index (χ3v) is 4.50. The van der Waals surface area contributed by atoms with Gasteiger partial charge in [-0.2, -0.15) is 0 Å². The number of carbonyl (C=O) groups is 1. The van der Waals surface area contributed by atoms with E-state index in [1.165, 1.54) is 0 Å². The molecular weight excluding hydrogens is 310 g/mol. The van der Waals surface area contributed by atoms with E-state index in [0.29, 0.717) is 5.76 Å². The molecular formula is C22H23NO2. The molecule has 0 aliphatic heterocycles. The van der Waals surface area contributed by atoms with Crippen LogP contribution in [0.4, 0.5) is 5.69 Å². The second-order valence-corrected chi connectivity index (χ2v) is 6.66. The molecule has 0 aliphatic rings. The fraction of sp³-hybridized carbons (Fsp3) is 0.227. The Hall–Kier alpha value is -2.81. The van der Waals surface area contributed by atoms with Gasteiger partial charge in [-0.1, -0.05) is 35.9 Å². The molecule has 0 bridgehead atoms. The van der Waals surface area contributed by atoms with Crippen LogP contribution in [0.1, 0.15) is 38.4 Å². The molecule has 3 heteroatoms. The number of anilines is 1. The number of furan rings is 1. The first kappa shape index (κ1) is 17.0. The van der Waals surface area contributed by atoms with E-state index in [4.69, 9.17) is 4.42 Å². The average Bonchev–Trinajstić information content (AvgIpc) is 2.95. The highest BCUT2D eigenvalue weighted by atomic mass is 16.4. The summed E-state index contributed by atoms with van der Waals surface area (Å²) in [6.45, 7) is 10.0. The van der Waals surface area contributed by atoms with E-state index < -0.39 is 0 Å². The summed E-state index contributed by atoms with van der Waals surface area (Å²) in [4.78, 5) is 12.7. The Kier molecular flexibility index (Phi) is 4.49. The Morgan fingerprint density at radius 2 is 1.52 bits per heavy atom. The van der Waals surface area contributed by atoms with Gasteiger partial charge in [-0.3, -0.25) is 4.79 Å². The zero-order chi connectivity index (χ0) is 18.1. The SMILES string of the molecule is Cc1ccc(C)c(-c2oc(C(=O)Nc3c(C)cccc3C)cc2C)c1. The molecule has 1 aromatic heterocycles. The third-order valence-electron chi connectivity index (χ3n) is 4.50. The summed E-state index contributed by atoms with van der Waals surface area (Å²) in [6, 6.07) is 14.0. The Morgan fingerprint density at radius 3 is 2.20 bits per heavy atom. The monoisotopic (exact) mass is 333 g/mol. The topological polar surface area (TPSA) is 42.2 Å². The first-order chi connectivity index (χ1) is 11.9. The first-order valence-corrected chi connectivity index (χ1v) is 8.42. The fourth-order valence-electron chi connectivity index (χ4n) is 3.03. The van der Waals surface area contributed by atoms with Gasteiger partial charge < -0.3 is 9.73 Å². The number of hydrogen-bond acceptors (Lipinski definition) is 2. The summed E-state index contributed by atoms with van der Waals surface area (Å²) < 4.78 is 5.94. The number of para-hydroxylation sites is 1. The van der Waals surface area contributed by atoms with Crippen LogP contribution in [0.5, 0.6) is 0 Å². The van der Waals surface area contributed by atoms with Crippen LogP contribution in [-0.4, -0.2) is 5.91 Å². The fourth-order valence-corrected chi connectivity index (χ4v) is 3.03. The molecule has 1 heterocycles.